The Morgan fingerprint density at radius 3 is 2.75 bits per heavy atom. The van der Waals surface area contributed by atoms with Crippen LogP contribution in [-0.4, -0.2) is 30.6 Å². The molecule has 4 nitrogen and oxygen atoms in total. The van der Waals surface area contributed by atoms with E-state index in [1.807, 2.05) is 0 Å². The summed E-state index contributed by atoms with van der Waals surface area (Å²) in [6.45, 7) is 0. The van der Waals surface area contributed by atoms with Crippen molar-refractivity contribution in [2.45, 2.75) is 18.9 Å². The van der Waals surface area contributed by atoms with Crippen LogP contribution in [0.25, 0.3) is 0 Å². The molecule has 1 saturated carbocycles. The van der Waals surface area contributed by atoms with E-state index < -0.39 is 18.0 Å². The average Bonchev–Trinajstić information content (AvgIpc) is 2.45. The van der Waals surface area contributed by atoms with Gasteiger partial charge in [-0.2, -0.15) is 0 Å². The number of carbonyl (C=O) groups excluding carboxylic acids is 2. The van der Waals surface area contributed by atoms with Crippen LogP contribution in [-0.2, 0) is 14.3 Å². The Labute approximate surface area is 70.5 Å². The molecule has 1 fully saturated rings. The van der Waals surface area contributed by atoms with Gasteiger partial charge in [0, 0.05) is 5.92 Å². The molecular weight excluding hydrogens is 160 g/mol. The summed E-state index contributed by atoms with van der Waals surface area (Å²) in [5.74, 6) is -1.50. The maximum atomic E-state index is 11.1. The Kier molecular flexibility index (Phi) is 2.81. The van der Waals surface area contributed by atoms with Crippen molar-refractivity contribution < 1.29 is 19.4 Å². The highest BCUT2D eigenvalue weighted by Gasteiger charge is 2.40. The van der Waals surface area contributed by atoms with Gasteiger partial charge in [0.2, 0.25) is 0 Å². The quantitative estimate of drug-likeness (QED) is 0.460. The van der Waals surface area contributed by atoms with Gasteiger partial charge < -0.3 is 14.6 Å². The van der Waals surface area contributed by atoms with Crippen molar-refractivity contribution in [1.82, 2.24) is 0 Å². The number of rotatable bonds is 2. The van der Waals surface area contributed by atoms with Crippen LogP contribution in [0.5, 0.6) is 0 Å². The van der Waals surface area contributed by atoms with Crippen LogP contribution in [0.2, 0.25) is 0 Å². The fraction of sp³-hybridized carbons (Fsp3) is 0.750. The van der Waals surface area contributed by atoms with Crippen molar-refractivity contribution in [3.63, 3.8) is 0 Å². The number of hydrogen-bond donors (Lipinski definition) is 1. The summed E-state index contributed by atoms with van der Waals surface area (Å²) in [7, 11) is 1.26. The minimum absolute atomic E-state index is 0.368. The van der Waals surface area contributed by atoms with Crippen LogP contribution >= 0.6 is 0 Å². The average molecular weight is 172 g/mol. The molecule has 1 N–H and O–H groups in total. The molecule has 1 aliphatic rings. The number of hydrogen-bond acceptors (Lipinski definition) is 4. The topological polar surface area (TPSA) is 63.6 Å². The van der Waals surface area contributed by atoms with Crippen LogP contribution in [0.15, 0.2) is 0 Å². The van der Waals surface area contributed by atoms with Gasteiger partial charge in [-0.15, -0.1) is 0 Å². The minimum atomic E-state index is -0.715. The van der Waals surface area contributed by atoms with Gasteiger partial charge in [-0.3, -0.25) is 4.79 Å². The number of ether oxygens (including phenoxy) is 1. The molecule has 0 saturated heterocycles. The molecule has 12 heavy (non-hydrogen) atoms. The second-order valence-corrected chi connectivity index (χ2v) is 2.99. The van der Waals surface area contributed by atoms with E-state index in [-0.39, 0.29) is 5.92 Å². The van der Waals surface area contributed by atoms with Crippen LogP contribution < -0.4 is 0 Å². The van der Waals surface area contributed by atoms with Crippen molar-refractivity contribution in [2.24, 2.45) is 11.8 Å². The second kappa shape index (κ2) is 3.67. The third kappa shape index (κ3) is 1.48. The Morgan fingerprint density at radius 1 is 1.58 bits per heavy atom. The van der Waals surface area contributed by atoms with E-state index in [1.54, 1.807) is 0 Å². The van der Waals surface area contributed by atoms with Crippen LogP contribution in [0.3, 0.4) is 0 Å². The number of methoxy groups -OCH3 is 1. The minimum Gasteiger partial charge on any atom is -0.469 e. The zero-order valence-electron chi connectivity index (χ0n) is 6.90. The molecule has 4 heteroatoms. The SMILES string of the molecule is COC(=O)C1C(O)CCC1C=O. The summed E-state index contributed by atoms with van der Waals surface area (Å²) >= 11 is 0. The first-order valence-electron chi connectivity index (χ1n) is 3.92. The number of carbonyl (C=O) groups is 2. The van der Waals surface area contributed by atoms with E-state index in [9.17, 15) is 14.7 Å². The zero-order valence-corrected chi connectivity index (χ0v) is 6.90. The summed E-state index contributed by atoms with van der Waals surface area (Å²) < 4.78 is 4.48. The molecule has 0 radical (unpaired) electrons. The fourth-order valence-corrected chi connectivity index (χ4v) is 1.63. The molecule has 0 aliphatic heterocycles. The van der Waals surface area contributed by atoms with E-state index >= 15 is 0 Å². The van der Waals surface area contributed by atoms with Crippen molar-refractivity contribution in [1.29, 1.82) is 0 Å². The molecule has 0 aromatic carbocycles. The van der Waals surface area contributed by atoms with E-state index in [4.69, 9.17) is 0 Å². The molecule has 0 bridgehead atoms. The Bertz CT molecular complexity index is 189. The molecule has 3 unspecified atom stereocenters. The predicted octanol–water partition coefficient (Wildman–Crippen LogP) is -0.255. The first-order valence-corrected chi connectivity index (χ1v) is 3.92. The standard InChI is InChI=1S/C8H12O4/c1-12-8(11)7-5(4-9)2-3-6(7)10/h4-7,10H,2-3H2,1H3. The third-order valence-electron chi connectivity index (χ3n) is 2.32. The van der Waals surface area contributed by atoms with E-state index in [2.05, 4.69) is 4.74 Å². The molecular formula is C8H12O4. The van der Waals surface area contributed by atoms with Crippen LogP contribution in [0.4, 0.5) is 0 Å². The van der Waals surface area contributed by atoms with Gasteiger partial charge in [-0.25, -0.2) is 0 Å². The lowest BCUT2D eigenvalue weighted by Gasteiger charge is -2.14. The Hall–Kier alpha value is -0.900. The Balaban J connectivity index is 2.69. The summed E-state index contributed by atoms with van der Waals surface area (Å²) in [5, 5.41) is 9.33. The molecule has 3 atom stereocenters. The van der Waals surface area contributed by atoms with E-state index in [0.29, 0.717) is 12.8 Å². The van der Waals surface area contributed by atoms with Gasteiger partial charge in [0.05, 0.1) is 19.1 Å². The lowest BCUT2D eigenvalue weighted by Crippen LogP contribution is -2.29. The summed E-state index contributed by atoms with van der Waals surface area (Å²) in [6.07, 6.45) is 1.08. The van der Waals surface area contributed by atoms with Gasteiger partial charge in [-0.05, 0) is 12.8 Å². The maximum absolute atomic E-state index is 11.1. The largest absolute Gasteiger partial charge is 0.469 e. The molecule has 0 spiro atoms. The number of esters is 1. The molecule has 1 rings (SSSR count). The molecule has 0 aromatic rings. The summed E-state index contributed by atoms with van der Waals surface area (Å²) in [4.78, 5) is 21.5. The third-order valence-corrected chi connectivity index (χ3v) is 2.32. The molecule has 1 aliphatic carbocycles. The van der Waals surface area contributed by atoms with Crippen molar-refractivity contribution in [2.75, 3.05) is 7.11 Å². The number of aliphatic hydroxyl groups is 1. The lowest BCUT2D eigenvalue weighted by molar-refractivity contribution is -0.151. The zero-order chi connectivity index (χ0) is 9.14. The normalized spacial score (nSPS) is 34.7. The highest BCUT2D eigenvalue weighted by Crippen LogP contribution is 2.31. The first kappa shape index (κ1) is 9.19. The van der Waals surface area contributed by atoms with Crippen molar-refractivity contribution in [3.8, 4) is 0 Å². The fourth-order valence-electron chi connectivity index (χ4n) is 1.63. The van der Waals surface area contributed by atoms with Crippen molar-refractivity contribution in [3.05, 3.63) is 0 Å². The first-order chi connectivity index (χ1) is 5.70. The van der Waals surface area contributed by atoms with Gasteiger partial charge in [0.1, 0.15) is 6.29 Å². The number of aldehydes is 1. The smallest absolute Gasteiger partial charge is 0.312 e. The van der Waals surface area contributed by atoms with E-state index in [0.717, 1.165) is 6.29 Å². The molecule has 0 aromatic heterocycles. The summed E-state index contributed by atoms with van der Waals surface area (Å²) in [5.41, 5.74) is 0. The van der Waals surface area contributed by atoms with Crippen LogP contribution in [0, 0.1) is 11.8 Å². The highest BCUT2D eigenvalue weighted by molar-refractivity contribution is 5.78. The van der Waals surface area contributed by atoms with E-state index in [1.165, 1.54) is 7.11 Å². The molecule has 0 amide bonds. The van der Waals surface area contributed by atoms with Gasteiger partial charge in [0.25, 0.3) is 0 Å². The summed E-state index contributed by atoms with van der Waals surface area (Å²) in [6, 6.07) is 0. The second-order valence-electron chi connectivity index (χ2n) is 2.99. The molecule has 0 heterocycles. The lowest BCUT2D eigenvalue weighted by atomic mass is 9.96. The highest BCUT2D eigenvalue weighted by atomic mass is 16.5. The van der Waals surface area contributed by atoms with Gasteiger partial charge >= 0.3 is 5.97 Å². The Morgan fingerprint density at radius 2 is 2.25 bits per heavy atom. The predicted molar refractivity (Wildman–Crippen MR) is 40.3 cm³/mol. The molecule has 68 valence electrons. The van der Waals surface area contributed by atoms with Gasteiger partial charge in [0.15, 0.2) is 0 Å². The van der Waals surface area contributed by atoms with Crippen LogP contribution in [0.1, 0.15) is 12.8 Å². The van der Waals surface area contributed by atoms with Gasteiger partial charge in [-0.1, -0.05) is 0 Å². The monoisotopic (exact) mass is 172 g/mol. The van der Waals surface area contributed by atoms with Crippen molar-refractivity contribution >= 4 is 12.3 Å². The number of aliphatic hydroxyl groups excluding tert-OH is 1. The maximum Gasteiger partial charge on any atom is 0.312 e.